The highest BCUT2D eigenvalue weighted by atomic mass is 79.9. The monoisotopic (exact) mass is 580 g/mol. The highest BCUT2D eigenvalue weighted by Crippen LogP contribution is 2.36. The molecule has 1 aliphatic heterocycles. The Morgan fingerprint density at radius 2 is 1.84 bits per heavy atom. The van der Waals surface area contributed by atoms with Crippen molar-refractivity contribution in [3.05, 3.63) is 92.8 Å². The Labute approximate surface area is 227 Å². The number of thioether (sulfide) groups is 1. The molecule has 0 saturated carbocycles. The van der Waals surface area contributed by atoms with Gasteiger partial charge in [0.1, 0.15) is 6.61 Å². The fourth-order valence-corrected chi connectivity index (χ4v) is 4.91. The minimum atomic E-state index is -1.03. The number of rotatable bonds is 9. The molecule has 190 valence electrons. The molecule has 7 nitrogen and oxygen atoms in total. The van der Waals surface area contributed by atoms with Crippen molar-refractivity contribution in [3.63, 3.8) is 0 Å². The van der Waals surface area contributed by atoms with Crippen molar-refractivity contribution in [2.24, 2.45) is 4.99 Å². The Balaban J connectivity index is 1.57. The largest absolute Gasteiger partial charge is 0.490 e. The number of hydrogen-bond donors (Lipinski definition) is 1. The average Bonchev–Trinajstić information content (AvgIpc) is 3.18. The molecule has 37 heavy (non-hydrogen) atoms. The first-order chi connectivity index (χ1) is 17.9. The first-order valence-electron chi connectivity index (χ1n) is 11.7. The number of likely N-dealkylation sites (N-methyl/N-ethyl adjacent to an activating group) is 1. The number of carboxylic acid groups (broad SMARTS) is 1. The van der Waals surface area contributed by atoms with Gasteiger partial charge in [0.05, 0.1) is 22.8 Å². The van der Waals surface area contributed by atoms with Crippen LogP contribution in [0.15, 0.2) is 81.1 Å². The maximum absolute atomic E-state index is 13.1. The van der Waals surface area contributed by atoms with Gasteiger partial charge < -0.3 is 14.6 Å². The topological polar surface area (TPSA) is 88.4 Å². The average molecular weight is 581 g/mol. The third-order valence-corrected chi connectivity index (χ3v) is 6.93. The van der Waals surface area contributed by atoms with Crippen molar-refractivity contribution in [3.8, 4) is 11.5 Å². The minimum absolute atomic E-state index is 0.140. The van der Waals surface area contributed by atoms with E-state index >= 15 is 0 Å². The maximum Gasteiger partial charge on any atom is 0.335 e. The summed E-state index contributed by atoms with van der Waals surface area (Å²) in [4.78, 5) is 31.0. The van der Waals surface area contributed by atoms with Crippen LogP contribution in [0.25, 0.3) is 6.08 Å². The maximum atomic E-state index is 13.1. The Kier molecular flexibility index (Phi) is 8.68. The quantitative estimate of drug-likeness (QED) is 0.282. The number of carbonyl (C=O) groups excluding carboxylic acids is 1. The van der Waals surface area contributed by atoms with E-state index in [4.69, 9.17) is 9.47 Å². The number of nitrogens with zero attached hydrogens (tertiary/aromatic N) is 2. The number of amides is 1. The summed E-state index contributed by atoms with van der Waals surface area (Å²) in [6.45, 7) is 5.08. The third kappa shape index (κ3) is 6.61. The van der Waals surface area contributed by atoms with Crippen LogP contribution in [0.4, 0.5) is 5.69 Å². The van der Waals surface area contributed by atoms with E-state index < -0.39 is 5.97 Å². The zero-order chi connectivity index (χ0) is 26.4. The van der Waals surface area contributed by atoms with Crippen molar-refractivity contribution in [1.29, 1.82) is 0 Å². The molecule has 1 saturated heterocycles. The zero-order valence-corrected chi connectivity index (χ0v) is 22.7. The number of halogens is 1. The normalized spacial score (nSPS) is 15.4. The molecule has 1 amide bonds. The fraction of sp³-hybridized carbons (Fsp3) is 0.179. The predicted molar refractivity (Wildman–Crippen MR) is 150 cm³/mol. The Morgan fingerprint density at radius 1 is 1.05 bits per heavy atom. The first kappa shape index (κ1) is 26.5. The van der Waals surface area contributed by atoms with Crippen LogP contribution in [0.3, 0.4) is 0 Å². The molecular weight excluding hydrogens is 556 g/mol. The summed E-state index contributed by atoms with van der Waals surface area (Å²) < 4.78 is 12.8. The molecule has 1 N–H and O–H groups in total. The lowest BCUT2D eigenvalue weighted by Crippen LogP contribution is -2.28. The molecule has 3 aromatic rings. The van der Waals surface area contributed by atoms with E-state index in [-0.39, 0.29) is 11.5 Å². The Morgan fingerprint density at radius 3 is 2.54 bits per heavy atom. The van der Waals surface area contributed by atoms with Gasteiger partial charge in [0.25, 0.3) is 5.91 Å². The predicted octanol–water partition coefficient (Wildman–Crippen LogP) is 6.75. The van der Waals surface area contributed by atoms with Gasteiger partial charge >= 0.3 is 5.97 Å². The lowest BCUT2D eigenvalue weighted by molar-refractivity contribution is -0.122. The van der Waals surface area contributed by atoms with Gasteiger partial charge in [-0.15, -0.1) is 0 Å². The van der Waals surface area contributed by atoms with Gasteiger partial charge in [-0.25, -0.2) is 9.79 Å². The number of aromatic carboxylic acids is 1. The van der Waals surface area contributed by atoms with Gasteiger partial charge in [-0.05, 0) is 85.3 Å². The second-order valence-corrected chi connectivity index (χ2v) is 9.89. The lowest BCUT2D eigenvalue weighted by Gasteiger charge is -2.13. The van der Waals surface area contributed by atoms with E-state index in [0.29, 0.717) is 47.0 Å². The summed E-state index contributed by atoms with van der Waals surface area (Å²) in [6.07, 6.45) is 1.80. The van der Waals surface area contributed by atoms with E-state index in [1.165, 1.54) is 23.9 Å². The molecule has 1 aliphatic rings. The number of carboxylic acids is 1. The summed E-state index contributed by atoms with van der Waals surface area (Å²) in [5, 5.41) is 9.75. The standard InChI is InChI=1S/C28H25BrN2O5S/c1-3-31-26(32)25(37-28(31)30-22-7-5-6-20(16-22)27(33)34)15-19-10-13-23(24(14-19)35-4-2)36-17-18-8-11-21(29)12-9-18/h5-16H,3-4,17H2,1-2H3,(H,33,34). The van der Waals surface area contributed by atoms with E-state index in [1.807, 2.05) is 56.3 Å². The highest BCUT2D eigenvalue weighted by molar-refractivity contribution is 9.10. The SMILES string of the molecule is CCOc1cc(C=C2SC(=Nc3cccc(C(=O)O)c3)N(CC)C2=O)ccc1OCc1ccc(Br)cc1. The van der Waals surface area contributed by atoms with E-state index in [1.54, 1.807) is 23.1 Å². The second-order valence-electron chi connectivity index (χ2n) is 7.96. The second kappa shape index (κ2) is 12.1. The molecule has 0 spiro atoms. The van der Waals surface area contributed by atoms with Crippen LogP contribution < -0.4 is 9.47 Å². The fourth-order valence-electron chi connectivity index (χ4n) is 3.58. The van der Waals surface area contributed by atoms with E-state index in [2.05, 4.69) is 20.9 Å². The van der Waals surface area contributed by atoms with Crippen LogP contribution in [-0.4, -0.2) is 40.2 Å². The van der Waals surface area contributed by atoms with Crippen LogP contribution in [0.5, 0.6) is 11.5 Å². The van der Waals surface area contributed by atoms with Crippen LogP contribution in [0.1, 0.15) is 35.3 Å². The van der Waals surface area contributed by atoms with Crippen molar-refractivity contribution in [1.82, 2.24) is 4.90 Å². The molecule has 0 unspecified atom stereocenters. The molecule has 0 aliphatic carbocycles. The number of aliphatic imine (C=N–C) groups is 1. The van der Waals surface area contributed by atoms with Crippen LogP contribution in [-0.2, 0) is 11.4 Å². The molecule has 9 heteroatoms. The molecular formula is C28H25BrN2O5S. The molecule has 3 aromatic carbocycles. The number of carbonyl (C=O) groups is 2. The summed E-state index contributed by atoms with van der Waals surface area (Å²) in [5.41, 5.74) is 2.44. The molecule has 0 atom stereocenters. The summed E-state index contributed by atoms with van der Waals surface area (Å²) >= 11 is 4.69. The van der Waals surface area contributed by atoms with Crippen LogP contribution in [0.2, 0.25) is 0 Å². The van der Waals surface area contributed by atoms with Crippen molar-refractivity contribution in [2.75, 3.05) is 13.2 Å². The Bertz CT molecular complexity index is 1370. The van der Waals surface area contributed by atoms with Gasteiger partial charge in [0, 0.05) is 11.0 Å². The summed E-state index contributed by atoms with van der Waals surface area (Å²) in [6, 6.07) is 19.8. The first-order valence-corrected chi connectivity index (χ1v) is 13.3. The number of hydrogen-bond acceptors (Lipinski definition) is 6. The Hall–Kier alpha value is -3.56. The smallest absolute Gasteiger partial charge is 0.335 e. The van der Waals surface area contributed by atoms with Gasteiger partial charge in [0.2, 0.25) is 0 Å². The van der Waals surface area contributed by atoms with Gasteiger partial charge in [-0.3, -0.25) is 9.69 Å². The summed E-state index contributed by atoms with van der Waals surface area (Å²) in [5.74, 6) is 0.0258. The van der Waals surface area contributed by atoms with Gasteiger partial charge in [0.15, 0.2) is 16.7 Å². The molecule has 1 fully saturated rings. The van der Waals surface area contributed by atoms with Crippen molar-refractivity contribution >= 4 is 56.5 Å². The lowest BCUT2D eigenvalue weighted by atomic mass is 10.1. The molecule has 0 aromatic heterocycles. The van der Waals surface area contributed by atoms with Crippen molar-refractivity contribution < 1.29 is 24.2 Å². The van der Waals surface area contributed by atoms with Crippen molar-refractivity contribution in [2.45, 2.75) is 20.5 Å². The molecule has 0 bridgehead atoms. The third-order valence-electron chi connectivity index (χ3n) is 5.40. The van der Waals surface area contributed by atoms with Crippen LogP contribution in [0, 0.1) is 0 Å². The van der Waals surface area contributed by atoms with E-state index in [9.17, 15) is 14.7 Å². The van der Waals surface area contributed by atoms with Gasteiger partial charge in [-0.2, -0.15) is 0 Å². The highest BCUT2D eigenvalue weighted by Gasteiger charge is 2.32. The van der Waals surface area contributed by atoms with Crippen LogP contribution >= 0.6 is 27.7 Å². The number of ether oxygens (including phenoxy) is 2. The van der Waals surface area contributed by atoms with E-state index in [0.717, 1.165) is 15.6 Å². The minimum Gasteiger partial charge on any atom is -0.490 e. The molecule has 0 radical (unpaired) electrons. The number of amidine groups is 1. The molecule has 1 heterocycles. The number of benzene rings is 3. The molecule has 4 rings (SSSR count). The van der Waals surface area contributed by atoms with Gasteiger partial charge in [-0.1, -0.05) is 40.2 Å². The zero-order valence-electron chi connectivity index (χ0n) is 20.3. The summed E-state index contributed by atoms with van der Waals surface area (Å²) in [7, 11) is 0.